The highest BCUT2D eigenvalue weighted by molar-refractivity contribution is 5.96. The van der Waals surface area contributed by atoms with E-state index in [2.05, 4.69) is 35.4 Å². The molecule has 3 N–H and O–H groups in total. The third-order valence-corrected chi connectivity index (χ3v) is 10.3. The van der Waals surface area contributed by atoms with Crippen LogP contribution >= 0.6 is 0 Å². The molecular weight excluding hydrogens is 660 g/mol. The molecule has 274 valence electrons. The number of carboxylic acid groups (broad SMARTS) is 1. The van der Waals surface area contributed by atoms with Crippen LogP contribution in [0, 0.1) is 11.3 Å². The van der Waals surface area contributed by atoms with Gasteiger partial charge in [-0.3, -0.25) is 9.59 Å². The molecule has 12 nitrogen and oxygen atoms in total. The average Bonchev–Trinajstić information content (AvgIpc) is 3.39. The van der Waals surface area contributed by atoms with Crippen molar-refractivity contribution >= 4 is 30.0 Å². The number of nitrogens with zero attached hydrogens (tertiary/aromatic N) is 4. The van der Waals surface area contributed by atoms with Gasteiger partial charge < -0.3 is 25.4 Å². The molecule has 1 aromatic heterocycles. The summed E-state index contributed by atoms with van der Waals surface area (Å²) in [5.74, 6) is -2.70. The normalized spacial score (nSPS) is 26.8. The van der Waals surface area contributed by atoms with Crippen molar-refractivity contribution in [1.82, 2.24) is 30.5 Å². The Morgan fingerprint density at radius 1 is 1.06 bits per heavy atom. The summed E-state index contributed by atoms with van der Waals surface area (Å²) in [6, 6.07) is 15.0. The van der Waals surface area contributed by atoms with E-state index in [1.165, 1.54) is 11.0 Å². The van der Waals surface area contributed by atoms with E-state index >= 15 is 0 Å². The zero-order valence-corrected chi connectivity index (χ0v) is 30.5. The third kappa shape index (κ3) is 7.51. The number of benzene rings is 2. The highest BCUT2D eigenvalue weighted by Gasteiger charge is 2.61. The largest absolute Gasteiger partial charge is 0.479 e. The summed E-state index contributed by atoms with van der Waals surface area (Å²) in [5.41, 5.74) is 0.918. The number of aliphatic carboxylic acids is 1. The summed E-state index contributed by atoms with van der Waals surface area (Å²) in [5, 5.41) is 25.6. The highest BCUT2D eigenvalue weighted by atomic mass is 16.6. The topological polar surface area (TPSA) is 156 Å². The minimum absolute atomic E-state index is 0.0435. The molecule has 0 spiro atoms. The van der Waals surface area contributed by atoms with Gasteiger partial charge in [0.1, 0.15) is 34.6 Å². The zero-order chi connectivity index (χ0) is 37.4. The highest BCUT2D eigenvalue weighted by Crippen LogP contribution is 2.45. The Bertz CT molecular complexity index is 1890. The fraction of sp³-hybridized carbons (Fsp3) is 0.450. The van der Waals surface area contributed by atoms with Gasteiger partial charge in [-0.15, -0.1) is 6.58 Å². The maximum absolute atomic E-state index is 14.6. The summed E-state index contributed by atoms with van der Waals surface area (Å²) in [7, 11) is 0. The van der Waals surface area contributed by atoms with Crippen LogP contribution in [-0.2, 0) is 19.1 Å². The monoisotopic (exact) mass is 708 g/mol. The first-order valence-electron chi connectivity index (χ1n) is 17.9. The van der Waals surface area contributed by atoms with E-state index in [0.717, 1.165) is 29.5 Å². The number of amides is 3. The van der Waals surface area contributed by atoms with Gasteiger partial charge >= 0.3 is 12.1 Å². The lowest BCUT2D eigenvalue weighted by Crippen LogP contribution is -2.59. The summed E-state index contributed by atoms with van der Waals surface area (Å²) in [4.78, 5) is 57.5. The Hall–Kier alpha value is -5.26. The number of ether oxygens (including phenoxy) is 1. The van der Waals surface area contributed by atoms with Crippen molar-refractivity contribution in [1.29, 1.82) is 0 Å². The van der Waals surface area contributed by atoms with Crippen LogP contribution in [0.5, 0.6) is 0 Å². The van der Waals surface area contributed by atoms with Crippen LogP contribution in [0.1, 0.15) is 78.3 Å². The molecule has 6 rings (SSSR count). The fourth-order valence-corrected chi connectivity index (χ4v) is 7.18. The number of hydrogen-bond acceptors (Lipinski definition) is 7. The molecule has 12 heteroatoms. The first kappa shape index (κ1) is 36.5. The molecule has 1 saturated carbocycles. The zero-order valence-electron chi connectivity index (χ0n) is 30.5. The van der Waals surface area contributed by atoms with Crippen LogP contribution in [0.2, 0.25) is 0 Å². The molecule has 3 heterocycles. The number of allylic oxidation sites excluding steroid dienone is 1. The summed E-state index contributed by atoms with van der Waals surface area (Å²) >= 11 is 0. The maximum atomic E-state index is 14.6. The van der Waals surface area contributed by atoms with E-state index in [1.54, 1.807) is 4.80 Å². The quantitative estimate of drug-likeness (QED) is 0.272. The Labute approximate surface area is 304 Å². The van der Waals surface area contributed by atoms with Gasteiger partial charge in [0.15, 0.2) is 0 Å². The van der Waals surface area contributed by atoms with Gasteiger partial charge in [0, 0.05) is 30.0 Å². The van der Waals surface area contributed by atoms with E-state index < -0.39 is 64.5 Å². The van der Waals surface area contributed by atoms with E-state index in [9.17, 15) is 24.3 Å². The lowest BCUT2D eigenvalue weighted by Gasteiger charge is -2.36. The van der Waals surface area contributed by atoms with Crippen molar-refractivity contribution in [2.75, 3.05) is 6.54 Å². The number of cyclic esters (lactones) is 1. The second kappa shape index (κ2) is 14.0. The lowest BCUT2D eigenvalue weighted by atomic mass is 9.85. The molecule has 5 atom stereocenters. The second-order valence-electron chi connectivity index (χ2n) is 15.8. The van der Waals surface area contributed by atoms with Crippen molar-refractivity contribution in [3.63, 3.8) is 0 Å². The van der Waals surface area contributed by atoms with Gasteiger partial charge in [-0.05, 0) is 56.6 Å². The van der Waals surface area contributed by atoms with Crippen molar-refractivity contribution in [2.24, 2.45) is 11.3 Å². The molecule has 3 aromatic rings. The number of aromatic nitrogens is 3. The van der Waals surface area contributed by atoms with Gasteiger partial charge in [0.05, 0.1) is 6.04 Å². The molecule has 3 amide bonds. The number of fused-ring (bicyclic) bond motifs is 8. The molecular formula is C40H48N6O6. The number of carbonyl (C=O) groups is 4. The lowest BCUT2D eigenvalue weighted by molar-refractivity contribution is -0.146. The Balaban J connectivity index is 1.45. The number of carbonyl (C=O) groups excluding carboxylic acids is 3. The Morgan fingerprint density at radius 2 is 1.75 bits per heavy atom. The van der Waals surface area contributed by atoms with Gasteiger partial charge in [-0.1, -0.05) is 87.5 Å². The number of alkyl carbamates (subject to hydrolysis) is 1. The third-order valence-electron chi connectivity index (χ3n) is 10.3. The van der Waals surface area contributed by atoms with E-state index in [0.29, 0.717) is 17.8 Å². The first-order chi connectivity index (χ1) is 24.6. The molecule has 2 fully saturated rings. The smallest absolute Gasteiger partial charge is 0.408 e. The van der Waals surface area contributed by atoms with Crippen LogP contribution in [0.3, 0.4) is 0 Å². The van der Waals surface area contributed by atoms with Crippen LogP contribution < -0.4 is 10.6 Å². The Kier molecular flexibility index (Phi) is 9.87. The van der Waals surface area contributed by atoms with E-state index in [1.807, 2.05) is 83.1 Å². The number of carboxylic acids is 1. The van der Waals surface area contributed by atoms with E-state index in [4.69, 9.17) is 14.9 Å². The summed E-state index contributed by atoms with van der Waals surface area (Å²) in [6.45, 7) is 12.9. The van der Waals surface area contributed by atoms with Crippen molar-refractivity contribution in [3.05, 3.63) is 78.9 Å². The molecule has 3 aliphatic rings. The van der Waals surface area contributed by atoms with Crippen LogP contribution in [-0.4, -0.2) is 78.6 Å². The van der Waals surface area contributed by atoms with Crippen molar-refractivity contribution in [3.8, 4) is 22.5 Å². The number of nitrogens with one attached hydrogen (secondary N) is 2. The van der Waals surface area contributed by atoms with Gasteiger partial charge in [0.2, 0.25) is 11.8 Å². The first-order valence-corrected chi connectivity index (χ1v) is 17.9. The van der Waals surface area contributed by atoms with E-state index in [-0.39, 0.29) is 19.4 Å². The molecule has 6 bridgehead atoms. The molecule has 1 saturated heterocycles. The van der Waals surface area contributed by atoms with Gasteiger partial charge in [-0.2, -0.15) is 15.0 Å². The molecule has 0 radical (unpaired) electrons. The predicted molar refractivity (Wildman–Crippen MR) is 197 cm³/mol. The van der Waals surface area contributed by atoms with Crippen LogP contribution in [0.15, 0.2) is 73.3 Å². The SMILES string of the molecule is C=C[C@@H]1C[C@]1(NC(=O)[C@@H]1C[C@@H]2CN1C(=O)[C@H](C(C)(C)C)NC(=O)OC(C)(C)CCC/C=C\c1cccc(c1)-c1nn2nc1-c1ccccc1)C(=O)O. The molecule has 52 heavy (non-hydrogen) atoms. The molecule has 1 aliphatic carbocycles. The second-order valence-corrected chi connectivity index (χ2v) is 15.8. The molecule has 0 unspecified atom stereocenters. The van der Waals surface area contributed by atoms with Gasteiger partial charge in [0.25, 0.3) is 0 Å². The minimum atomic E-state index is -1.50. The standard InChI is InChI=1S/C40H48N6O6/c1-7-28-23-40(28,36(49)50)42-34(47)30-22-29-24-45(30)35(48)33(38(2,3)4)41-37(51)52-39(5,6)20-13-9-10-15-25-16-14-19-27(21-25)32-31(43-46(29)44-32)26-17-11-8-12-18-26/h7-8,10-12,14-19,21,28-30,33H,1,9,13,20,22-24H2,2-6H3,(H,41,51)(H,42,47)(H,49,50)/b15-10-/t28-,29-,30+,33-,40-/m1/s1. The molecule has 2 aliphatic heterocycles. The predicted octanol–water partition coefficient (Wildman–Crippen LogP) is 6.02. The van der Waals surface area contributed by atoms with Crippen molar-refractivity contribution < 1.29 is 29.0 Å². The van der Waals surface area contributed by atoms with Crippen LogP contribution in [0.4, 0.5) is 4.79 Å². The van der Waals surface area contributed by atoms with Crippen molar-refractivity contribution in [2.45, 2.75) is 96.0 Å². The number of rotatable bonds is 5. The van der Waals surface area contributed by atoms with Crippen LogP contribution in [0.25, 0.3) is 28.6 Å². The summed E-state index contributed by atoms with van der Waals surface area (Å²) < 4.78 is 5.86. The average molecular weight is 709 g/mol. The minimum Gasteiger partial charge on any atom is -0.479 e. The maximum Gasteiger partial charge on any atom is 0.408 e. The van der Waals surface area contributed by atoms with Gasteiger partial charge in [-0.25, -0.2) is 9.59 Å². The Morgan fingerprint density at radius 3 is 2.40 bits per heavy atom. The molecule has 2 aromatic carbocycles. The number of hydrogen-bond donors (Lipinski definition) is 3. The summed E-state index contributed by atoms with van der Waals surface area (Å²) in [6.07, 6.45) is 7.39. The fourth-order valence-electron chi connectivity index (χ4n) is 7.18.